The number of carbonyl (C=O) groups is 1. The van der Waals surface area contributed by atoms with E-state index >= 15 is 0 Å². The molecule has 1 unspecified atom stereocenters. The molecule has 1 aliphatic rings. The van der Waals surface area contributed by atoms with Crippen LogP contribution in [0.25, 0.3) is 0 Å². The van der Waals surface area contributed by atoms with E-state index < -0.39 is 0 Å². The van der Waals surface area contributed by atoms with Crippen molar-refractivity contribution in [3.8, 4) is 0 Å². The summed E-state index contributed by atoms with van der Waals surface area (Å²) in [6.07, 6.45) is 5.79. The summed E-state index contributed by atoms with van der Waals surface area (Å²) in [7, 11) is 0. The number of aryl methyl sites for hydroxylation is 1. The van der Waals surface area contributed by atoms with Crippen LogP contribution < -0.4 is 10.6 Å². The Morgan fingerprint density at radius 2 is 2.22 bits per heavy atom. The number of fused-ring (bicyclic) bond motifs is 1. The molecule has 2 N–H and O–H groups in total. The van der Waals surface area contributed by atoms with E-state index in [1.165, 1.54) is 12.1 Å². The summed E-state index contributed by atoms with van der Waals surface area (Å²) in [6.45, 7) is 3.41. The lowest BCUT2D eigenvalue weighted by molar-refractivity contribution is 0.233. The molecule has 0 bridgehead atoms. The van der Waals surface area contributed by atoms with Crippen LogP contribution in [-0.2, 0) is 13.0 Å². The predicted molar refractivity (Wildman–Crippen MR) is 85.4 cm³/mol. The van der Waals surface area contributed by atoms with Gasteiger partial charge in [0.05, 0.1) is 6.04 Å². The topological polar surface area (TPSA) is 59.0 Å². The van der Waals surface area contributed by atoms with Crippen molar-refractivity contribution in [2.75, 3.05) is 6.54 Å². The SMILES string of the molecule is C[C@@H](NC(=O)NCC1CCc2nccn2C1)c1ccc(F)cc1. The third-order valence-corrected chi connectivity index (χ3v) is 4.30. The molecule has 2 atom stereocenters. The standard InChI is InChI=1S/C17H21FN4O/c1-12(14-3-5-15(18)6-4-14)21-17(23)20-10-13-2-7-16-19-8-9-22(16)11-13/h3-6,8-9,12-13H,2,7,10-11H2,1H3,(H2,20,21,23)/t12-,13?/m1/s1. The molecule has 122 valence electrons. The van der Waals surface area contributed by atoms with E-state index in [-0.39, 0.29) is 17.9 Å². The molecule has 1 aromatic heterocycles. The maximum absolute atomic E-state index is 12.9. The van der Waals surface area contributed by atoms with Crippen molar-refractivity contribution in [1.82, 2.24) is 20.2 Å². The van der Waals surface area contributed by atoms with Crippen molar-refractivity contribution in [2.24, 2.45) is 5.92 Å². The van der Waals surface area contributed by atoms with Crippen molar-refractivity contribution in [3.63, 3.8) is 0 Å². The highest BCUT2D eigenvalue weighted by atomic mass is 19.1. The van der Waals surface area contributed by atoms with Gasteiger partial charge >= 0.3 is 6.03 Å². The molecule has 1 aromatic carbocycles. The number of nitrogens with one attached hydrogen (secondary N) is 2. The minimum atomic E-state index is -0.276. The zero-order valence-electron chi connectivity index (χ0n) is 13.1. The Bertz CT molecular complexity index is 667. The summed E-state index contributed by atoms with van der Waals surface area (Å²) in [5, 5.41) is 5.81. The van der Waals surface area contributed by atoms with Gasteiger partial charge in [-0.05, 0) is 37.0 Å². The van der Waals surface area contributed by atoms with E-state index in [9.17, 15) is 9.18 Å². The number of nitrogens with zero attached hydrogens (tertiary/aromatic N) is 2. The minimum Gasteiger partial charge on any atom is -0.338 e. The molecule has 1 aliphatic heterocycles. The third-order valence-electron chi connectivity index (χ3n) is 4.30. The summed E-state index contributed by atoms with van der Waals surface area (Å²) in [5.41, 5.74) is 0.877. The fourth-order valence-corrected chi connectivity index (χ4v) is 2.92. The Kier molecular flexibility index (Phi) is 4.60. The first-order chi connectivity index (χ1) is 11.1. The van der Waals surface area contributed by atoms with Gasteiger partial charge in [0, 0.05) is 31.9 Å². The Labute approximate surface area is 134 Å². The highest BCUT2D eigenvalue weighted by Crippen LogP contribution is 2.18. The lowest BCUT2D eigenvalue weighted by Gasteiger charge is -2.24. The van der Waals surface area contributed by atoms with Gasteiger partial charge in [0.25, 0.3) is 0 Å². The van der Waals surface area contributed by atoms with Gasteiger partial charge in [-0.2, -0.15) is 0 Å². The van der Waals surface area contributed by atoms with Gasteiger partial charge in [-0.25, -0.2) is 14.2 Å². The summed E-state index contributed by atoms with van der Waals surface area (Å²) in [5.74, 6) is 1.26. The van der Waals surface area contributed by atoms with Gasteiger partial charge in [0.1, 0.15) is 11.6 Å². The van der Waals surface area contributed by atoms with Crippen LogP contribution in [0.3, 0.4) is 0 Å². The Hall–Kier alpha value is -2.37. The zero-order chi connectivity index (χ0) is 16.2. The first-order valence-electron chi connectivity index (χ1n) is 7.91. The number of aromatic nitrogens is 2. The minimum absolute atomic E-state index is 0.165. The van der Waals surface area contributed by atoms with E-state index in [1.54, 1.807) is 12.1 Å². The molecule has 2 heterocycles. The van der Waals surface area contributed by atoms with Crippen LogP contribution >= 0.6 is 0 Å². The molecule has 23 heavy (non-hydrogen) atoms. The molecule has 0 saturated carbocycles. The van der Waals surface area contributed by atoms with Gasteiger partial charge in [-0.1, -0.05) is 12.1 Å². The maximum atomic E-state index is 12.9. The van der Waals surface area contributed by atoms with E-state index in [0.29, 0.717) is 12.5 Å². The number of rotatable bonds is 4. The normalized spacial score (nSPS) is 18.1. The monoisotopic (exact) mass is 316 g/mol. The smallest absolute Gasteiger partial charge is 0.315 e. The molecule has 6 heteroatoms. The highest BCUT2D eigenvalue weighted by molar-refractivity contribution is 5.74. The molecule has 0 saturated heterocycles. The van der Waals surface area contributed by atoms with Crippen molar-refractivity contribution in [2.45, 2.75) is 32.4 Å². The average molecular weight is 316 g/mol. The number of hydrogen-bond acceptors (Lipinski definition) is 2. The van der Waals surface area contributed by atoms with E-state index in [1.807, 2.05) is 19.3 Å². The first kappa shape index (κ1) is 15.5. The first-order valence-corrected chi connectivity index (χ1v) is 7.91. The second-order valence-electron chi connectivity index (χ2n) is 6.03. The van der Waals surface area contributed by atoms with Gasteiger partial charge in [-0.3, -0.25) is 0 Å². The number of hydrogen-bond donors (Lipinski definition) is 2. The average Bonchev–Trinajstić information content (AvgIpc) is 3.01. The summed E-state index contributed by atoms with van der Waals surface area (Å²) in [4.78, 5) is 16.3. The van der Waals surface area contributed by atoms with Crippen molar-refractivity contribution < 1.29 is 9.18 Å². The van der Waals surface area contributed by atoms with Crippen LogP contribution in [0.4, 0.5) is 9.18 Å². The fraction of sp³-hybridized carbons (Fsp3) is 0.412. The number of halogens is 1. The predicted octanol–water partition coefficient (Wildman–Crippen LogP) is 2.65. The summed E-state index contributed by atoms with van der Waals surface area (Å²) in [6, 6.07) is 5.80. The Balaban J connectivity index is 1.45. The summed E-state index contributed by atoms with van der Waals surface area (Å²) >= 11 is 0. The number of imidazole rings is 1. The maximum Gasteiger partial charge on any atom is 0.315 e. The van der Waals surface area contributed by atoms with Gasteiger partial charge in [-0.15, -0.1) is 0 Å². The molecule has 0 radical (unpaired) electrons. The molecule has 0 spiro atoms. The molecule has 0 fully saturated rings. The van der Waals surface area contributed by atoms with Crippen molar-refractivity contribution in [1.29, 1.82) is 0 Å². The van der Waals surface area contributed by atoms with Crippen LogP contribution in [0.2, 0.25) is 0 Å². The molecule has 0 aliphatic carbocycles. The largest absolute Gasteiger partial charge is 0.338 e. The molecular formula is C17H21FN4O. The van der Waals surface area contributed by atoms with Gasteiger partial charge < -0.3 is 15.2 Å². The quantitative estimate of drug-likeness (QED) is 0.911. The number of amides is 2. The lowest BCUT2D eigenvalue weighted by Crippen LogP contribution is -2.40. The molecule has 5 nitrogen and oxygen atoms in total. The molecular weight excluding hydrogens is 295 g/mol. The van der Waals surface area contributed by atoms with Crippen LogP contribution in [0.15, 0.2) is 36.7 Å². The second-order valence-corrected chi connectivity index (χ2v) is 6.03. The van der Waals surface area contributed by atoms with Crippen molar-refractivity contribution >= 4 is 6.03 Å². The number of carbonyl (C=O) groups excluding carboxylic acids is 1. The van der Waals surface area contributed by atoms with Crippen LogP contribution in [0, 0.1) is 11.7 Å². The summed E-state index contributed by atoms with van der Waals surface area (Å²) < 4.78 is 15.1. The number of benzene rings is 1. The molecule has 3 rings (SSSR count). The van der Waals surface area contributed by atoms with Crippen LogP contribution in [0.1, 0.15) is 30.8 Å². The van der Waals surface area contributed by atoms with E-state index in [4.69, 9.17) is 0 Å². The Morgan fingerprint density at radius 3 is 3.00 bits per heavy atom. The number of urea groups is 1. The van der Waals surface area contributed by atoms with Gasteiger partial charge in [0.15, 0.2) is 0 Å². The fourth-order valence-electron chi connectivity index (χ4n) is 2.92. The van der Waals surface area contributed by atoms with Crippen LogP contribution in [-0.4, -0.2) is 22.1 Å². The zero-order valence-corrected chi connectivity index (χ0v) is 13.1. The lowest BCUT2D eigenvalue weighted by atomic mass is 9.99. The third kappa shape index (κ3) is 3.88. The second kappa shape index (κ2) is 6.81. The Morgan fingerprint density at radius 1 is 1.43 bits per heavy atom. The van der Waals surface area contributed by atoms with Gasteiger partial charge in [0.2, 0.25) is 0 Å². The molecule has 2 aromatic rings. The van der Waals surface area contributed by atoms with Crippen LogP contribution in [0.5, 0.6) is 0 Å². The highest BCUT2D eigenvalue weighted by Gasteiger charge is 2.19. The van der Waals surface area contributed by atoms with E-state index in [2.05, 4.69) is 20.2 Å². The molecule has 2 amide bonds. The van der Waals surface area contributed by atoms with Crippen molar-refractivity contribution in [3.05, 3.63) is 53.9 Å². The van der Waals surface area contributed by atoms with E-state index in [0.717, 1.165) is 30.8 Å².